The molecular weight excluding hydrogens is 528 g/mol. The molecule has 1 unspecified atom stereocenters. The van der Waals surface area contributed by atoms with Gasteiger partial charge in [0.15, 0.2) is 0 Å². The Morgan fingerprint density at radius 1 is 0.905 bits per heavy atom. The molecule has 4 aromatic rings. The fourth-order valence-electron chi connectivity index (χ4n) is 5.38. The molecule has 1 aliphatic rings. The van der Waals surface area contributed by atoms with Crippen molar-refractivity contribution < 1.29 is 24.1 Å². The summed E-state index contributed by atoms with van der Waals surface area (Å²) in [6, 6.07) is 28.0. The van der Waals surface area contributed by atoms with Gasteiger partial charge in [-0.2, -0.15) is 0 Å². The van der Waals surface area contributed by atoms with Crippen LogP contribution in [0.15, 0.2) is 84.9 Å². The molecule has 0 bridgehead atoms. The topological polar surface area (TPSA) is 95.2 Å². The minimum absolute atomic E-state index is 0.315. The molecule has 0 aromatic heterocycles. The molecule has 0 aliphatic carbocycles. The Hall–Kier alpha value is -3.62. The van der Waals surface area contributed by atoms with E-state index in [4.69, 9.17) is 24.7 Å². The van der Waals surface area contributed by atoms with E-state index in [-0.39, 0.29) is 0 Å². The normalized spacial score (nSPS) is 16.5. The van der Waals surface area contributed by atoms with Gasteiger partial charge in [-0.05, 0) is 84.7 Å². The van der Waals surface area contributed by atoms with E-state index in [0.29, 0.717) is 44.0 Å². The summed E-state index contributed by atoms with van der Waals surface area (Å²) in [5.41, 5.74) is 9.36. The van der Waals surface area contributed by atoms with Gasteiger partial charge in [-0.25, -0.2) is 0 Å². The third kappa shape index (κ3) is 8.94. The maximum absolute atomic E-state index is 9.72. The first-order chi connectivity index (χ1) is 20.6. The standard InChI is InChI=1S/C23H32N2O3.C12H12O2/c1-26-23-6-3-2-5-19(23)17-27-13-4-14-28-21-9-7-18(8-10-21)22-11-12-25-16-20(22)15-24;1-14-8-9-6-10-4-2-3-5-11(10)12(13)7-9/h2-3,5-10,20,22,25H,4,11-17,24H2,1H3;2-7,13H,8H2,1H3/t20?,22-;/m0./s1. The number of aromatic hydroxyl groups is 1. The van der Waals surface area contributed by atoms with E-state index in [2.05, 4.69) is 29.6 Å². The molecule has 0 radical (unpaired) electrons. The summed E-state index contributed by atoms with van der Waals surface area (Å²) < 4.78 is 22.0. The summed E-state index contributed by atoms with van der Waals surface area (Å²) in [5.74, 6) is 3.15. The lowest BCUT2D eigenvalue weighted by molar-refractivity contribution is 0.105. The molecule has 2 atom stereocenters. The molecule has 42 heavy (non-hydrogen) atoms. The second kappa shape index (κ2) is 16.7. The molecule has 0 saturated carbocycles. The molecular formula is C35H44N2O5. The van der Waals surface area contributed by atoms with E-state index in [0.717, 1.165) is 65.9 Å². The summed E-state index contributed by atoms with van der Waals surface area (Å²) in [4.78, 5) is 0. The highest BCUT2D eigenvalue weighted by molar-refractivity contribution is 5.88. The number of rotatable bonds is 12. The first-order valence-electron chi connectivity index (χ1n) is 14.7. The van der Waals surface area contributed by atoms with Crippen molar-refractivity contribution in [1.29, 1.82) is 0 Å². The Morgan fingerprint density at radius 3 is 2.48 bits per heavy atom. The monoisotopic (exact) mass is 572 g/mol. The second-order valence-electron chi connectivity index (χ2n) is 10.5. The molecule has 0 spiro atoms. The summed E-state index contributed by atoms with van der Waals surface area (Å²) >= 11 is 0. The predicted molar refractivity (Wildman–Crippen MR) is 168 cm³/mol. The lowest BCUT2D eigenvalue weighted by Crippen LogP contribution is -2.39. The van der Waals surface area contributed by atoms with Crippen LogP contribution in [-0.4, -0.2) is 52.2 Å². The van der Waals surface area contributed by atoms with Crippen LogP contribution >= 0.6 is 0 Å². The number of hydrogen-bond donors (Lipinski definition) is 3. The summed E-state index contributed by atoms with van der Waals surface area (Å²) in [5, 5.41) is 15.1. The van der Waals surface area contributed by atoms with Gasteiger partial charge in [0, 0.05) is 24.5 Å². The zero-order chi connectivity index (χ0) is 29.6. The van der Waals surface area contributed by atoms with Crippen molar-refractivity contribution in [1.82, 2.24) is 5.32 Å². The number of benzene rings is 4. The van der Waals surface area contributed by atoms with Crippen molar-refractivity contribution >= 4 is 10.8 Å². The molecule has 1 heterocycles. The maximum atomic E-state index is 9.72. The van der Waals surface area contributed by atoms with Crippen molar-refractivity contribution in [3.63, 3.8) is 0 Å². The van der Waals surface area contributed by atoms with Gasteiger partial charge in [0.2, 0.25) is 0 Å². The number of phenols is 1. The van der Waals surface area contributed by atoms with E-state index >= 15 is 0 Å². The van der Waals surface area contributed by atoms with Crippen molar-refractivity contribution in [2.24, 2.45) is 11.7 Å². The molecule has 1 saturated heterocycles. The van der Waals surface area contributed by atoms with Gasteiger partial charge in [-0.15, -0.1) is 0 Å². The third-order valence-electron chi connectivity index (χ3n) is 7.58. The van der Waals surface area contributed by atoms with Gasteiger partial charge in [0.1, 0.15) is 17.2 Å². The molecule has 4 aromatic carbocycles. The van der Waals surface area contributed by atoms with E-state index in [9.17, 15) is 5.11 Å². The highest BCUT2D eigenvalue weighted by Crippen LogP contribution is 2.31. The minimum Gasteiger partial charge on any atom is -0.507 e. The Morgan fingerprint density at radius 2 is 1.69 bits per heavy atom. The van der Waals surface area contributed by atoms with Gasteiger partial charge in [0.25, 0.3) is 0 Å². The van der Waals surface area contributed by atoms with E-state index < -0.39 is 0 Å². The molecule has 5 rings (SSSR count). The van der Waals surface area contributed by atoms with E-state index in [1.54, 1.807) is 20.3 Å². The summed E-state index contributed by atoms with van der Waals surface area (Å²) in [7, 11) is 3.32. The quantitative estimate of drug-likeness (QED) is 0.179. The second-order valence-corrected chi connectivity index (χ2v) is 10.5. The van der Waals surface area contributed by atoms with Gasteiger partial charge in [0.05, 0.1) is 33.5 Å². The number of piperidine rings is 1. The van der Waals surface area contributed by atoms with Crippen LogP contribution in [0, 0.1) is 5.92 Å². The lowest BCUT2D eigenvalue weighted by atomic mass is 9.81. The van der Waals surface area contributed by atoms with Crippen LogP contribution < -0.4 is 20.5 Å². The SMILES string of the molecule is COCc1cc(O)c2ccccc2c1.COc1ccccc1COCCCOc1ccc([C@@H]2CCNCC2CN)cc1. The predicted octanol–water partition coefficient (Wildman–Crippen LogP) is 6.02. The molecule has 224 valence electrons. The number of nitrogens with one attached hydrogen (secondary N) is 1. The zero-order valence-electron chi connectivity index (χ0n) is 24.8. The zero-order valence-corrected chi connectivity index (χ0v) is 24.8. The maximum Gasteiger partial charge on any atom is 0.124 e. The average Bonchev–Trinajstić information content (AvgIpc) is 3.03. The number of ether oxygens (including phenoxy) is 4. The summed E-state index contributed by atoms with van der Waals surface area (Å²) in [6.45, 7) is 5.18. The van der Waals surface area contributed by atoms with Crippen LogP contribution in [0.3, 0.4) is 0 Å². The molecule has 7 nitrogen and oxygen atoms in total. The Kier molecular flexibility index (Phi) is 12.5. The van der Waals surface area contributed by atoms with Crippen LogP contribution in [0.5, 0.6) is 17.2 Å². The highest BCUT2D eigenvalue weighted by Gasteiger charge is 2.25. The largest absolute Gasteiger partial charge is 0.507 e. The van der Waals surface area contributed by atoms with Crippen LogP contribution in [-0.2, 0) is 22.7 Å². The Bertz CT molecular complexity index is 1360. The fraction of sp³-hybridized carbons (Fsp3) is 0.371. The van der Waals surface area contributed by atoms with Crippen molar-refractivity contribution in [3.8, 4) is 17.2 Å². The minimum atomic E-state index is 0.315. The van der Waals surface area contributed by atoms with Crippen LogP contribution in [0.25, 0.3) is 10.8 Å². The summed E-state index contributed by atoms with van der Waals surface area (Å²) in [6.07, 6.45) is 1.99. The van der Waals surface area contributed by atoms with Gasteiger partial charge < -0.3 is 35.1 Å². The number of para-hydroxylation sites is 1. The molecule has 1 fully saturated rings. The Balaban J connectivity index is 0.000000241. The first kappa shape index (κ1) is 31.3. The molecule has 0 amide bonds. The number of fused-ring (bicyclic) bond motifs is 1. The number of methoxy groups -OCH3 is 2. The van der Waals surface area contributed by atoms with Crippen LogP contribution in [0.1, 0.15) is 35.4 Å². The molecule has 4 N–H and O–H groups in total. The van der Waals surface area contributed by atoms with Gasteiger partial charge in [-0.1, -0.05) is 54.6 Å². The van der Waals surface area contributed by atoms with Crippen molar-refractivity contribution in [2.75, 3.05) is 47.1 Å². The highest BCUT2D eigenvalue weighted by atomic mass is 16.5. The molecule has 7 heteroatoms. The van der Waals surface area contributed by atoms with Crippen LogP contribution in [0.4, 0.5) is 0 Å². The number of nitrogens with two attached hydrogens (primary N) is 1. The lowest BCUT2D eigenvalue weighted by Gasteiger charge is -2.31. The number of hydrogen-bond acceptors (Lipinski definition) is 7. The van der Waals surface area contributed by atoms with Gasteiger partial charge >= 0.3 is 0 Å². The third-order valence-corrected chi connectivity index (χ3v) is 7.58. The first-order valence-corrected chi connectivity index (χ1v) is 14.7. The smallest absolute Gasteiger partial charge is 0.124 e. The van der Waals surface area contributed by atoms with E-state index in [1.165, 1.54) is 5.56 Å². The average molecular weight is 573 g/mol. The van der Waals surface area contributed by atoms with Gasteiger partial charge in [-0.3, -0.25) is 0 Å². The van der Waals surface area contributed by atoms with E-state index in [1.807, 2.05) is 54.6 Å². The van der Waals surface area contributed by atoms with Crippen molar-refractivity contribution in [2.45, 2.75) is 32.0 Å². The van der Waals surface area contributed by atoms with Crippen LogP contribution in [0.2, 0.25) is 0 Å². The Labute approximate surface area is 249 Å². The van der Waals surface area contributed by atoms with Crippen molar-refractivity contribution in [3.05, 3.63) is 102 Å². The molecule has 1 aliphatic heterocycles. The number of phenolic OH excluding ortho intramolecular Hbond substituents is 1. The fourth-order valence-corrected chi connectivity index (χ4v) is 5.38.